The second-order valence-electron chi connectivity index (χ2n) is 5.96. The molecule has 0 aliphatic carbocycles. The van der Waals surface area contributed by atoms with Gasteiger partial charge in [0.25, 0.3) is 5.91 Å². The van der Waals surface area contributed by atoms with Crippen LogP contribution in [0.5, 0.6) is 0 Å². The molecule has 1 aliphatic rings. The molecule has 2 heterocycles. The van der Waals surface area contributed by atoms with Crippen LogP contribution in [-0.2, 0) is 4.79 Å². The van der Waals surface area contributed by atoms with Crippen molar-refractivity contribution in [1.82, 2.24) is 15.1 Å². The summed E-state index contributed by atoms with van der Waals surface area (Å²) in [4.78, 5) is 26.9. The molecule has 1 aliphatic heterocycles. The number of nitrogens with zero attached hydrogens (tertiary/aromatic N) is 2. The van der Waals surface area contributed by atoms with Crippen LogP contribution in [0.25, 0.3) is 0 Å². The number of anilines is 1. The Bertz CT molecular complexity index is 787. The van der Waals surface area contributed by atoms with E-state index < -0.39 is 6.04 Å². The van der Waals surface area contributed by atoms with E-state index in [2.05, 4.69) is 15.5 Å². The van der Waals surface area contributed by atoms with Crippen LogP contribution in [0.1, 0.15) is 27.3 Å². The van der Waals surface area contributed by atoms with Crippen molar-refractivity contribution in [3.8, 4) is 0 Å². The van der Waals surface area contributed by atoms with E-state index in [9.17, 15) is 9.59 Å². The number of hydrogen-bond donors (Lipinski definition) is 2. The number of aromatic nitrogens is 2. The van der Waals surface area contributed by atoms with E-state index in [-0.39, 0.29) is 11.8 Å². The first kappa shape index (κ1) is 16.6. The molecule has 2 amide bonds. The highest BCUT2D eigenvalue weighted by Crippen LogP contribution is 2.25. The summed E-state index contributed by atoms with van der Waals surface area (Å²) in [5.41, 5.74) is 4.12. The quantitative estimate of drug-likeness (QED) is 0.897. The van der Waals surface area contributed by atoms with E-state index in [1.807, 2.05) is 39.0 Å². The Morgan fingerprint density at radius 2 is 2.12 bits per heavy atom. The topological polar surface area (TPSA) is 78.1 Å². The van der Waals surface area contributed by atoms with Gasteiger partial charge < -0.3 is 10.2 Å². The minimum Gasteiger partial charge on any atom is -0.324 e. The van der Waals surface area contributed by atoms with E-state index in [0.717, 1.165) is 22.5 Å². The fourth-order valence-electron chi connectivity index (χ4n) is 2.64. The van der Waals surface area contributed by atoms with Crippen LogP contribution in [0.3, 0.4) is 0 Å². The van der Waals surface area contributed by atoms with Crippen LogP contribution >= 0.6 is 11.8 Å². The Kier molecular flexibility index (Phi) is 4.62. The van der Waals surface area contributed by atoms with Gasteiger partial charge in [0.1, 0.15) is 11.7 Å². The molecule has 0 spiro atoms. The van der Waals surface area contributed by atoms with E-state index >= 15 is 0 Å². The zero-order valence-electron chi connectivity index (χ0n) is 13.9. The maximum atomic E-state index is 12.7. The van der Waals surface area contributed by atoms with Crippen LogP contribution in [0.4, 0.5) is 5.69 Å². The highest BCUT2D eigenvalue weighted by atomic mass is 32.2. The van der Waals surface area contributed by atoms with Crippen molar-refractivity contribution in [3.63, 3.8) is 0 Å². The second kappa shape index (κ2) is 6.68. The van der Waals surface area contributed by atoms with Gasteiger partial charge >= 0.3 is 0 Å². The van der Waals surface area contributed by atoms with E-state index in [4.69, 9.17) is 0 Å². The summed E-state index contributed by atoms with van der Waals surface area (Å²) in [6.45, 7) is 5.82. The van der Waals surface area contributed by atoms with Gasteiger partial charge in [-0.1, -0.05) is 12.1 Å². The lowest BCUT2D eigenvalue weighted by Crippen LogP contribution is -2.44. The number of thioether (sulfide) groups is 1. The number of H-pyrrole nitrogens is 1. The van der Waals surface area contributed by atoms with Crippen molar-refractivity contribution >= 4 is 29.3 Å². The van der Waals surface area contributed by atoms with Crippen molar-refractivity contribution in [2.24, 2.45) is 0 Å². The molecule has 1 fully saturated rings. The van der Waals surface area contributed by atoms with Crippen molar-refractivity contribution in [2.45, 2.75) is 26.8 Å². The molecule has 2 N–H and O–H groups in total. The van der Waals surface area contributed by atoms with Gasteiger partial charge in [-0.3, -0.25) is 14.7 Å². The number of nitrogens with one attached hydrogen (secondary N) is 2. The molecule has 0 radical (unpaired) electrons. The lowest BCUT2D eigenvalue weighted by atomic mass is 10.1. The van der Waals surface area contributed by atoms with Gasteiger partial charge in [-0.15, -0.1) is 11.8 Å². The maximum Gasteiger partial charge on any atom is 0.275 e. The Hall–Kier alpha value is -2.28. The number of hydrogen-bond acceptors (Lipinski definition) is 4. The standard InChI is InChI=1S/C17H20N4O2S/c1-10-5-4-6-13(12(10)3)18-16(22)15-8-24-9-21(15)17(23)14-7-11(2)19-20-14/h4-7,15H,8-9H2,1-3H3,(H,18,22)(H,19,20)/t15-/m0/s1. The molecule has 7 heteroatoms. The summed E-state index contributed by atoms with van der Waals surface area (Å²) in [5, 5.41) is 9.73. The van der Waals surface area contributed by atoms with Gasteiger partial charge in [-0.2, -0.15) is 5.10 Å². The number of carbonyl (C=O) groups is 2. The fraction of sp³-hybridized carbons (Fsp3) is 0.353. The molecule has 1 saturated heterocycles. The third kappa shape index (κ3) is 3.17. The Balaban J connectivity index is 1.76. The predicted molar refractivity (Wildman–Crippen MR) is 95.2 cm³/mol. The number of benzene rings is 1. The maximum absolute atomic E-state index is 12.7. The van der Waals surface area contributed by atoms with Crippen molar-refractivity contribution in [3.05, 3.63) is 46.8 Å². The van der Waals surface area contributed by atoms with Gasteiger partial charge in [0.05, 0.1) is 5.88 Å². The SMILES string of the molecule is Cc1cc(C(=O)N2CSC[C@H]2C(=O)Nc2cccc(C)c2C)n[nH]1. The van der Waals surface area contributed by atoms with Gasteiger partial charge in [0, 0.05) is 17.1 Å². The zero-order chi connectivity index (χ0) is 17.3. The van der Waals surface area contributed by atoms with Gasteiger partial charge in [0.2, 0.25) is 5.91 Å². The van der Waals surface area contributed by atoms with Gasteiger partial charge in [-0.25, -0.2) is 0 Å². The number of amides is 2. The molecule has 126 valence electrons. The number of aryl methyl sites for hydroxylation is 2. The summed E-state index contributed by atoms with van der Waals surface area (Å²) in [5.74, 6) is 0.710. The lowest BCUT2D eigenvalue weighted by molar-refractivity contribution is -0.119. The fourth-order valence-corrected chi connectivity index (χ4v) is 3.79. The van der Waals surface area contributed by atoms with Crippen molar-refractivity contribution < 1.29 is 9.59 Å². The molecule has 1 aromatic carbocycles. The monoisotopic (exact) mass is 344 g/mol. The minimum atomic E-state index is -0.487. The largest absolute Gasteiger partial charge is 0.324 e. The molecule has 0 saturated carbocycles. The predicted octanol–water partition coefficient (Wildman–Crippen LogP) is 2.49. The summed E-state index contributed by atoms with van der Waals surface area (Å²) >= 11 is 1.57. The average Bonchev–Trinajstić information content (AvgIpc) is 3.20. The molecule has 6 nitrogen and oxygen atoms in total. The van der Waals surface area contributed by atoms with Crippen LogP contribution in [-0.4, -0.2) is 44.6 Å². The highest BCUT2D eigenvalue weighted by Gasteiger charge is 2.36. The molecule has 24 heavy (non-hydrogen) atoms. The normalized spacial score (nSPS) is 17.1. The molecule has 3 rings (SSSR count). The molecule has 2 aromatic rings. The smallest absolute Gasteiger partial charge is 0.275 e. The molecular formula is C17H20N4O2S. The Morgan fingerprint density at radius 1 is 1.33 bits per heavy atom. The zero-order valence-corrected chi connectivity index (χ0v) is 14.7. The van der Waals surface area contributed by atoms with E-state index in [1.54, 1.807) is 22.7 Å². The van der Waals surface area contributed by atoms with Crippen LogP contribution in [0.2, 0.25) is 0 Å². The van der Waals surface area contributed by atoms with E-state index in [0.29, 0.717) is 17.3 Å². The summed E-state index contributed by atoms with van der Waals surface area (Å²) < 4.78 is 0. The molecule has 0 bridgehead atoms. The first-order valence-corrected chi connectivity index (χ1v) is 8.90. The molecule has 1 aromatic heterocycles. The van der Waals surface area contributed by atoms with E-state index in [1.165, 1.54) is 0 Å². The number of rotatable bonds is 3. The van der Waals surface area contributed by atoms with Crippen molar-refractivity contribution in [1.29, 1.82) is 0 Å². The van der Waals surface area contributed by atoms with Crippen LogP contribution < -0.4 is 5.32 Å². The minimum absolute atomic E-state index is 0.158. The Labute approximate surface area is 145 Å². The highest BCUT2D eigenvalue weighted by molar-refractivity contribution is 7.99. The Morgan fingerprint density at radius 3 is 2.83 bits per heavy atom. The van der Waals surface area contributed by atoms with Gasteiger partial charge in [-0.05, 0) is 44.0 Å². The molecule has 0 unspecified atom stereocenters. The molecular weight excluding hydrogens is 324 g/mol. The first-order valence-electron chi connectivity index (χ1n) is 7.75. The van der Waals surface area contributed by atoms with Gasteiger partial charge in [0.15, 0.2) is 0 Å². The summed E-state index contributed by atoms with van der Waals surface area (Å²) in [7, 11) is 0. The number of carbonyl (C=O) groups excluding carboxylic acids is 2. The van der Waals surface area contributed by atoms with Crippen molar-refractivity contribution in [2.75, 3.05) is 16.9 Å². The third-order valence-corrected chi connectivity index (χ3v) is 5.25. The third-order valence-electron chi connectivity index (χ3n) is 4.23. The molecule has 1 atom stereocenters. The number of aromatic amines is 1. The van der Waals surface area contributed by atoms with Crippen LogP contribution in [0, 0.1) is 20.8 Å². The summed E-state index contributed by atoms with van der Waals surface area (Å²) in [6.07, 6.45) is 0. The first-order chi connectivity index (χ1) is 11.5. The summed E-state index contributed by atoms with van der Waals surface area (Å²) in [6, 6.07) is 7.01. The second-order valence-corrected chi connectivity index (χ2v) is 6.96. The average molecular weight is 344 g/mol. The van der Waals surface area contributed by atoms with Crippen LogP contribution in [0.15, 0.2) is 24.3 Å². The lowest BCUT2D eigenvalue weighted by Gasteiger charge is -2.22.